The summed E-state index contributed by atoms with van der Waals surface area (Å²) in [4.78, 5) is 32.7. The molecule has 0 heterocycles. The molecule has 0 aliphatic carbocycles. The second-order valence-corrected chi connectivity index (χ2v) is 4.04. The summed E-state index contributed by atoms with van der Waals surface area (Å²) >= 11 is 0. The van der Waals surface area contributed by atoms with E-state index in [4.69, 9.17) is 4.74 Å². The number of benzene rings is 1. The normalized spacial score (nSPS) is 9.60. The molecule has 0 aliphatic rings. The van der Waals surface area contributed by atoms with Crippen molar-refractivity contribution < 1.29 is 19.1 Å². The van der Waals surface area contributed by atoms with Gasteiger partial charge in [-0.15, -0.1) is 0 Å². The molecule has 1 aromatic carbocycles. The van der Waals surface area contributed by atoms with Gasteiger partial charge in [-0.05, 0) is 5.56 Å². The number of carbonyl (C=O) groups is 3. The summed E-state index contributed by atoms with van der Waals surface area (Å²) in [5, 5.41) is 5.04. The molecule has 0 radical (unpaired) electrons. The lowest BCUT2D eigenvalue weighted by Gasteiger charge is -2.07. The van der Waals surface area contributed by atoms with Crippen LogP contribution in [0.25, 0.3) is 0 Å². The highest BCUT2D eigenvalue weighted by Crippen LogP contribution is 2.00. The van der Waals surface area contributed by atoms with Gasteiger partial charge in [0.1, 0.15) is 12.9 Å². The number of amides is 2. The SMILES string of the molecule is O=CCCNC(=O)CCNC(=O)OCc1ccccc1. The van der Waals surface area contributed by atoms with Crippen LogP contribution < -0.4 is 10.6 Å². The lowest BCUT2D eigenvalue weighted by molar-refractivity contribution is -0.121. The van der Waals surface area contributed by atoms with Gasteiger partial charge >= 0.3 is 6.09 Å². The minimum atomic E-state index is -0.561. The molecule has 0 spiro atoms. The van der Waals surface area contributed by atoms with Crippen LogP contribution >= 0.6 is 0 Å². The van der Waals surface area contributed by atoms with E-state index in [0.29, 0.717) is 6.54 Å². The topological polar surface area (TPSA) is 84.5 Å². The van der Waals surface area contributed by atoms with Crippen molar-refractivity contribution in [2.24, 2.45) is 0 Å². The van der Waals surface area contributed by atoms with Gasteiger partial charge in [-0.2, -0.15) is 0 Å². The molecule has 2 N–H and O–H groups in total. The van der Waals surface area contributed by atoms with Gasteiger partial charge in [0.15, 0.2) is 0 Å². The fourth-order valence-corrected chi connectivity index (χ4v) is 1.41. The first-order chi connectivity index (χ1) is 9.72. The fraction of sp³-hybridized carbons (Fsp3) is 0.357. The quantitative estimate of drug-likeness (QED) is 0.549. The van der Waals surface area contributed by atoms with E-state index >= 15 is 0 Å². The molecule has 0 saturated heterocycles. The third-order valence-electron chi connectivity index (χ3n) is 2.42. The van der Waals surface area contributed by atoms with E-state index in [1.54, 1.807) is 0 Å². The van der Waals surface area contributed by atoms with Gasteiger partial charge in [0.2, 0.25) is 5.91 Å². The fourth-order valence-electron chi connectivity index (χ4n) is 1.41. The van der Waals surface area contributed by atoms with Crippen LogP contribution in [0.5, 0.6) is 0 Å². The highest BCUT2D eigenvalue weighted by molar-refractivity contribution is 5.77. The standard InChI is InChI=1S/C14H18N2O4/c17-10-4-8-15-13(18)7-9-16-14(19)20-11-12-5-2-1-3-6-12/h1-3,5-6,10H,4,7-9,11H2,(H,15,18)(H,16,19). The zero-order valence-electron chi connectivity index (χ0n) is 11.1. The third-order valence-corrected chi connectivity index (χ3v) is 2.42. The molecule has 20 heavy (non-hydrogen) atoms. The molecule has 0 fully saturated rings. The van der Waals surface area contributed by atoms with E-state index in [2.05, 4.69) is 10.6 Å². The summed E-state index contributed by atoms with van der Waals surface area (Å²) in [5.41, 5.74) is 0.897. The number of alkyl carbamates (subject to hydrolysis) is 1. The van der Waals surface area contributed by atoms with Crippen molar-refractivity contribution in [3.05, 3.63) is 35.9 Å². The maximum atomic E-state index is 11.3. The summed E-state index contributed by atoms with van der Waals surface area (Å²) in [6.07, 6.45) is 0.617. The molecule has 6 heteroatoms. The Morgan fingerprint density at radius 1 is 1.10 bits per heavy atom. The average molecular weight is 278 g/mol. The Morgan fingerprint density at radius 3 is 2.55 bits per heavy atom. The highest BCUT2D eigenvalue weighted by Gasteiger charge is 2.04. The van der Waals surface area contributed by atoms with E-state index in [-0.39, 0.29) is 31.9 Å². The van der Waals surface area contributed by atoms with Gasteiger partial charge in [-0.1, -0.05) is 30.3 Å². The first-order valence-electron chi connectivity index (χ1n) is 6.37. The highest BCUT2D eigenvalue weighted by atomic mass is 16.5. The van der Waals surface area contributed by atoms with Gasteiger partial charge in [-0.25, -0.2) is 4.79 Å². The zero-order chi connectivity index (χ0) is 14.6. The van der Waals surface area contributed by atoms with Crippen LogP contribution in [0.3, 0.4) is 0 Å². The molecule has 1 rings (SSSR count). The predicted molar refractivity (Wildman–Crippen MR) is 72.9 cm³/mol. The Morgan fingerprint density at radius 2 is 1.85 bits per heavy atom. The molecular weight excluding hydrogens is 260 g/mol. The minimum absolute atomic E-state index is 0.152. The van der Waals surface area contributed by atoms with Crippen molar-refractivity contribution in [1.29, 1.82) is 0 Å². The van der Waals surface area contributed by atoms with Crippen LogP contribution in [0.15, 0.2) is 30.3 Å². The van der Waals surface area contributed by atoms with Crippen molar-refractivity contribution in [3.8, 4) is 0 Å². The van der Waals surface area contributed by atoms with Gasteiger partial charge in [0.25, 0.3) is 0 Å². The predicted octanol–water partition coefficient (Wildman–Crippen LogP) is 1.01. The third kappa shape index (κ3) is 7.15. The number of ether oxygens (including phenoxy) is 1. The summed E-state index contributed by atoms with van der Waals surface area (Å²) in [6, 6.07) is 9.31. The maximum absolute atomic E-state index is 11.3. The van der Waals surface area contributed by atoms with E-state index in [1.165, 1.54) is 0 Å². The van der Waals surface area contributed by atoms with Crippen LogP contribution in [0.4, 0.5) is 4.79 Å². The van der Waals surface area contributed by atoms with Crippen LogP contribution in [0.2, 0.25) is 0 Å². The lowest BCUT2D eigenvalue weighted by atomic mass is 10.2. The minimum Gasteiger partial charge on any atom is -0.445 e. The monoisotopic (exact) mass is 278 g/mol. The van der Waals surface area contributed by atoms with Gasteiger partial charge in [0, 0.05) is 25.9 Å². The van der Waals surface area contributed by atoms with Crippen molar-refractivity contribution in [1.82, 2.24) is 10.6 Å². The lowest BCUT2D eigenvalue weighted by Crippen LogP contribution is -2.31. The molecule has 0 saturated carbocycles. The Kier molecular flexibility index (Phi) is 7.49. The maximum Gasteiger partial charge on any atom is 0.407 e. The second kappa shape index (κ2) is 9.55. The molecule has 1 aromatic rings. The molecule has 0 bridgehead atoms. The molecular formula is C14H18N2O4. The van der Waals surface area contributed by atoms with Crippen LogP contribution in [0.1, 0.15) is 18.4 Å². The molecule has 0 atom stereocenters. The van der Waals surface area contributed by atoms with E-state index in [9.17, 15) is 14.4 Å². The molecule has 0 unspecified atom stereocenters. The largest absolute Gasteiger partial charge is 0.445 e. The van der Waals surface area contributed by atoms with Gasteiger partial charge in [-0.3, -0.25) is 4.79 Å². The van der Waals surface area contributed by atoms with Gasteiger partial charge < -0.3 is 20.2 Å². The Labute approximate surface area is 117 Å². The number of hydrogen-bond donors (Lipinski definition) is 2. The summed E-state index contributed by atoms with van der Waals surface area (Å²) in [6.45, 7) is 0.708. The van der Waals surface area contributed by atoms with Crippen LogP contribution in [0, 0.1) is 0 Å². The molecule has 0 aromatic heterocycles. The number of nitrogens with one attached hydrogen (secondary N) is 2. The average Bonchev–Trinajstić information content (AvgIpc) is 2.46. The number of hydrogen-bond acceptors (Lipinski definition) is 4. The first-order valence-corrected chi connectivity index (χ1v) is 6.37. The Bertz CT molecular complexity index is 434. The molecule has 6 nitrogen and oxygen atoms in total. The second-order valence-electron chi connectivity index (χ2n) is 4.04. The zero-order valence-corrected chi connectivity index (χ0v) is 11.1. The molecule has 108 valence electrons. The van der Waals surface area contributed by atoms with E-state index < -0.39 is 6.09 Å². The van der Waals surface area contributed by atoms with Gasteiger partial charge in [0.05, 0.1) is 0 Å². The Balaban J connectivity index is 2.08. The summed E-state index contributed by atoms with van der Waals surface area (Å²) in [7, 11) is 0. The molecule has 0 aliphatic heterocycles. The van der Waals surface area contributed by atoms with E-state index in [0.717, 1.165) is 11.8 Å². The summed E-state index contributed by atoms with van der Waals surface area (Å²) < 4.78 is 4.98. The first kappa shape index (κ1) is 15.7. The number of rotatable bonds is 8. The van der Waals surface area contributed by atoms with Crippen LogP contribution in [-0.2, 0) is 20.9 Å². The molecule has 2 amide bonds. The van der Waals surface area contributed by atoms with Crippen LogP contribution in [-0.4, -0.2) is 31.4 Å². The van der Waals surface area contributed by atoms with Crippen molar-refractivity contribution in [2.45, 2.75) is 19.4 Å². The van der Waals surface area contributed by atoms with Crippen molar-refractivity contribution in [3.63, 3.8) is 0 Å². The smallest absolute Gasteiger partial charge is 0.407 e. The Hall–Kier alpha value is -2.37. The number of carbonyl (C=O) groups excluding carboxylic acids is 3. The number of aldehydes is 1. The summed E-state index contributed by atoms with van der Waals surface area (Å²) in [5.74, 6) is -0.213. The van der Waals surface area contributed by atoms with E-state index in [1.807, 2.05) is 30.3 Å². The van der Waals surface area contributed by atoms with Crippen molar-refractivity contribution >= 4 is 18.3 Å². The van der Waals surface area contributed by atoms with Crippen molar-refractivity contribution in [2.75, 3.05) is 13.1 Å².